The lowest BCUT2D eigenvalue weighted by molar-refractivity contribution is -0.119. The second-order valence-electron chi connectivity index (χ2n) is 5.50. The van der Waals surface area contributed by atoms with Crippen LogP contribution in [0.2, 0.25) is 0 Å². The van der Waals surface area contributed by atoms with E-state index in [1.807, 2.05) is 19.1 Å². The number of amides is 1. The molecule has 0 spiro atoms. The minimum atomic E-state index is -0.654. The molecule has 0 saturated heterocycles. The monoisotopic (exact) mass is 493 g/mol. The van der Waals surface area contributed by atoms with Gasteiger partial charge in [0.25, 0.3) is 5.91 Å². The molecule has 0 atom stereocenters. The van der Waals surface area contributed by atoms with Gasteiger partial charge >= 0.3 is 5.97 Å². The molecule has 0 bridgehead atoms. The van der Waals surface area contributed by atoms with Crippen LogP contribution in [0.15, 0.2) is 51.7 Å². The molecule has 138 valence electrons. The van der Waals surface area contributed by atoms with Gasteiger partial charge in [-0.15, -0.1) is 5.10 Å². The number of anilines is 1. The quantitative estimate of drug-likeness (QED) is 0.546. The van der Waals surface area contributed by atoms with E-state index in [-0.39, 0.29) is 5.56 Å². The van der Waals surface area contributed by atoms with Crippen molar-refractivity contribution >= 4 is 49.4 Å². The summed E-state index contributed by atoms with van der Waals surface area (Å²) in [5.74, 6) is -1.12. The van der Waals surface area contributed by atoms with Gasteiger partial charge in [0.15, 0.2) is 6.61 Å². The zero-order valence-corrected chi connectivity index (χ0v) is 17.2. The second-order valence-corrected chi connectivity index (χ2v) is 7.21. The molecule has 1 heterocycles. The maximum Gasteiger partial charge on any atom is 0.340 e. The third-order valence-corrected chi connectivity index (χ3v) is 4.76. The van der Waals surface area contributed by atoms with E-state index in [1.54, 1.807) is 24.3 Å². The molecule has 27 heavy (non-hydrogen) atoms. The summed E-state index contributed by atoms with van der Waals surface area (Å²) in [5.41, 5.74) is 2.29. The Morgan fingerprint density at radius 2 is 1.89 bits per heavy atom. The van der Waals surface area contributed by atoms with Gasteiger partial charge in [-0.25, -0.2) is 4.79 Å². The highest BCUT2D eigenvalue weighted by atomic mass is 79.9. The number of nitrogens with one attached hydrogen (secondary N) is 1. The summed E-state index contributed by atoms with van der Waals surface area (Å²) in [5, 5.41) is 13.6. The Balaban J connectivity index is 1.68. The van der Waals surface area contributed by atoms with E-state index in [2.05, 4.69) is 52.7 Å². The van der Waals surface area contributed by atoms with Gasteiger partial charge in [-0.2, -0.15) is 4.68 Å². The number of carbonyl (C=O) groups is 2. The molecule has 0 unspecified atom stereocenters. The minimum Gasteiger partial charge on any atom is -0.452 e. The van der Waals surface area contributed by atoms with Gasteiger partial charge in [-0.05, 0) is 79.0 Å². The third-order valence-electron chi connectivity index (χ3n) is 3.51. The number of aromatic nitrogens is 4. The zero-order valence-electron chi connectivity index (χ0n) is 14.0. The lowest BCUT2D eigenvalue weighted by Gasteiger charge is -2.12. The molecule has 0 aliphatic carbocycles. The maximum atomic E-state index is 12.4. The molecule has 0 aliphatic heterocycles. The molecule has 0 aliphatic rings. The van der Waals surface area contributed by atoms with E-state index in [0.717, 1.165) is 14.5 Å². The predicted molar refractivity (Wildman–Crippen MR) is 105 cm³/mol. The number of tetrazole rings is 1. The maximum absolute atomic E-state index is 12.4. The van der Waals surface area contributed by atoms with Crippen molar-refractivity contribution in [2.45, 2.75) is 6.92 Å². The van der Waals surface area contributed by atoms with Crippen LogP contribution >= 0.6 is 31.9 Å². The first-order valence-electron chi connectivity index (χ1n) is 7.70. The molecular formula is C17H13Br2N5O3. The first-order chi connectivity index (χ1) is 13.0. The molecule has 1 N–H and O–H groups in total. The summed E-state index contributed by atoms with van der Waals surface area (Å²) in [6.45, 7) is 1.50. The van der Waals surface area contributed by atoms with Crippen LogP contribution in [0.4, 0.5) is 5.69 Å². The highest BCUT2D eigenvalue weighted by Crippen LogP contribution is 2.32. The largest absolute Gasteiger partial charge is 0.452 e. The Kier molecular flexibility index (Phi) is 5.97. The fourth-order valence-corrected chi connectivity index (χ4v) is 3.93. The number of rotatable bonds is 5. The van der Waals surface area contributed by atoms with E-state index in [4.69, 9.17) is 4.74 Å². The average Bonchev–Trinajstić information content (AvgIpc) is 3.17. The van der Waals surface area contributed by atoms with E-state index in [1.165, 1.54) is 11.0 Å². The van der Waals surface area contributed by atoms with Crippen molar-refractivity contribution < 1.29 is 14.3 Å². The van der Waals surface area contributed by atoms with Crippen molar-refractivity contribution in [3.05, 3.63) is 62.8 Å². The summed E-state index contributed by atoms with van der Waals surface area (Å²) in [6, 6.07) is 10.4. The van der Waals surface area contributed by atoms with Crippen molar-refractivity contribution in [3.63, 3.8) is 0 Å². The van der Waals surface area contributed by atoms with E-state index >= 15 is 0 Å². The summed E-state index contributed by atoms with van der Waals surface area (Å²) in [7, 11) is 0. The molecule has 1 amide bonds. The van der Waals surface area contributed by atoms with Crippen molar-refractivity contribution in [2.24, 2.45) is 0 Å². The second kappa shape index (κ2) is 8.40. The Hall–Kier alpha value is -2.59. The normalized spacial score (nSPS) is 10.5. The van der Waals surface area contributed by atoms with Gasteiger partial charge in [0.1, 0.15) is 6.33 Å². The standard InChI is InChI=1S/C17H13Br2N5O3/c1-10-6-12(18)16(13(19)7-10)21-15(25)8-27-17(26)11-4-2-3-5-14(11)24-9-20-22-23-24/h2-7,9H,8H2,1H3,(H,21,25). The molecule has 3 rings (SSSR count). The summed E-state index contributed by atoms with van der Waals surface area (Å²) in [4.78, 5) is 24.6. The number of hydrogen-bond donors (Lipinski definition) is 1. The Morgan fingerprint density at radius 3 is 2.56 bits per heavy atom. The molecule has 2 aromatic carbocycles. The number of carbonyl (C=O) groups excluding carboxylic acids is 2. The molecule has 3 aromatic rings. The van der Waals surface area contributed by atoms with E-state index in [9.17, 15) is 9.59 Å². The van der Waals surface area contributed by atoms with E-state index < -0.39 is 18.5 Å². The number of ether oxygens (including phenoxy) is 1. The Labute approximate surface area is 171 Å². The van der Waals surface area contributed by atoms with Gasteiger partial charge in [-0.3, -0.25) is 4.79 Å². The lowest BCUT2D eigenvalue weighted by atomic mass is 10.2. The van der Waals surface area contributed by atoms with Crippen LogP contribution in [0.3, 0.4) is 0 Å². The number of hydrogen-bond acceptors (Lipinski definition) is 6. The molecule has 8 nitrogen and oxygen atoms in total. The minimum absolute atomic E-state index is 0.246. The molecule has 0 radical (unpaired) electrons. The van der Waals surface area contributed by atoms with Crippen molar-refractivity contribution in [3.8, 4) is 5.69 Å². The third kappa shape index (κ3) is 4.58. The van der Waals surface area contributed by atoms with Gasteiger partial charge in [0.05, 0.1) is 16.9 Å². The lowest BCUT2D eigenvalue weighted by Crippen LogP contribution is -2.22. The van der Waals surface area contributed by atoms with Crippen LogP contribution in [-0.2, 0) is 9.53 Å². The number of esters is 1. The number of aryl methyl sites for hydroxylation is 1. The summed E-state index contributed by atoms with van der Waals surface area (Å²) < 4.78 is 7.93. The summed E-state index contributed by atoms with van der Waals surface area (Å²) >= 11 is 6.80. The van der Waals surface area contributed by atoms with Crippen LogP contribution in [-0.4, -0.2) is 38.7 Å². The van der Waals surface area contributed by atoms with Crippen LogP contribution < -0.4 is 5.32 Å². The van der Waals surface area contributed by atoms with Gasteiger partial charge < -0.3 is 10.1 Å². The smallest absolute Gasteiger partial charge is 0.340 e. The predicted octanol–water partition coefficient (Wildman–Crippen LogP) is 3.29. The van der Waals surface area contributed by atoms with Crippen molar-refractivity contribution in [1.29, 1.82) is 0 Å². The van der Waals surface area contributed by atoms with Gasteiger partial charge in [0.2, 0.25) is 0 Å². The molecule has 0 fully saturated rings. The number of halogens is 2. The molecule has 10 heteroatoms. The zero-order chi connectivity index (χ0) is 19.4. The first kappa shape index (κ1) is 19.2. The van der Waals surface area contributed by atoms with E-state index in [0.29, 0.717) is 11.4 Å². The van der Waals surface area contributed by atoms with Crippen LogP contribution in [0.25, 0.3) is 5.69 Å². The number of nitrogens with zero attached hydrogens (tertiary/aromatic N) is 4. The summed E-state index contributed by atoms with van der Waals surface area (Å²) in [6.07, 6.45) is 1.37. The molecular weight excluding hydrogens is 482 g/mol. The number of para-hydroxylation sites is 1. The average molecular weight is 495 g/mol. The van der Waals surface area contributed by atoms with Gasteiger partial charge in [-0.1, -0.05) is 12.1 Å². The van der Waals surface area contributed by atoms with Crippen molar-refractivity contribution in [2.75, 3.05) is 11.9 Å². The van der Waals surface area contributed by atoms with Crippen molar-refractivity contribution in [1.82, 2.24) is 20.2 Å². The highest BCUT2D eigenvalue weighted by Gasteiger charge is 2.17. The Bertz CT molecular complexity index is 969. The number of benzene rings is 2. The fraction of sp³-hybridized carbons (Fsp3) is 0.118. The fourth-order valence-electron chi connectivity index (χ4n) is 2.32. The van der Waals surface area contributed by atoms with Gasteiger partial charge in [0, 0.05) is 8.95 Å². The van der Waals surface area contributed by atoms with Crippen LogP contribution in [0, 0.1) is 6.92 Å². The van der Waals surface area contributed by atoms with Crippen LogP contribution in [0.5, 0.6) is 0 Å². The first-order valence-corrected chi connectivity index (χ1v) is 9.29. The Morgan fingerprint density at radius 1 is 1.19 bits per heavy atom. The highest BCUT2D eigenvalue weighted by molar-refractivity contribution is 9.11. The van der Waals surface area contributed by atoms with Crippen LogP contribution in [0.1, 0.15) is 15.9 Å². The molecule has 0 saturated carbocycles. The molecule has 1 aromatic heterocycles. The topological polar surface area (TPSA) is 99.0 Å². The SMILES string of the molecule is Cc1cc(Br)c(NC(=O)COC(=O)c2ccccc2-n2cnnn2)c(Br)c1.